The van der Waals surface area contributed by atoms with Crippen LogP contribution in [0.15, 0.2) is 0 Å². The van der Waals surface area contributed by atoms with Gasteiger partial charge in [0.2, 0.25) is 0 Å². The molecule has 2 heteroatoms. The van der Waals surface area contributed by atoms with E-state index in [1.165, 1.54) is 37.9 Å². The van der Waals surface area contributed by atoms with Crippen molar-refractivity contribution in [1.82, 2.24) is 0 Å². The molecule has 1 aliphatic carbocycles. The third-order valence-corrected chi connectivity index (χ3v) is 5.46. The largest absolute Gasteiger partial charge is 0.389 e. The molecule has 82 valence electrons. The van der Waals surface area contributed by atoms with Crippen LogP contribution in [0, 0.1) is 5.92 Å². The summed E-state index contributed by atoms with van der Waals surface area (Å²) in [6.07, 6.45) is 8.82. The van der Waals surface area contributed by atoms with Crippen LogP contribution in [0.4, 0.5) is 0 Å². The van der Waals surface area contributed by atoms with Crippen molar-refractivity contribution in [1.29, 1.82) is 0 Å². The van der Waals surface area contributed by atoms with Crippen molar-refractivity contribution >= 4 is 11.8 Å². The van der Waals surface area contributed by atoms with Crippen LogP contribution in [-0.2, 0) is 0 Å². The van der Waals surface area contributed by atoms with E-state index in [4.69, 9.17) is 0 Å². The van der Waals surface area contributed by atoms with Crippen LogP contribution in [0.25, 0.3) is 0 Å². The fourth-order valence-electron chi connectivity index (χ4n) is 2.98. The smallest absolute Gasteiger partial charge is 0.0766 e. The van der Waals surface area contributed by atoms with E-state index in [-0.39, 0.29) is 5.60 Å². The first-order valence-electron chi connectivity index (χ1n) is 6.05. The third kappa shape index (κ3) is 2.27. The molecule has 1 saturated heterocycles. The lowest BCUT2D eigenvalue weighted by atomic mass is 9.83. The Balaban J connectivity index is 1.92. The number of hydrogen-bond acceptors (Lipinski definition) is 2. The Hall–Kier alpha value is 0.310. The Morgan fingerprint density at radius 1 is 1.29 bits per heavy atom. The number of aliphatic hydroxyl groups is 1. The van der Waals surface area contributed by atoms with Crippen LogP contribution in [-0.4, -0.2) is 21.7 Å². The zero-order valence-electron chi connectivity index (χ0n) is 9.17. The van der Waals surface area contributed by atoms with Gasteiger partial charge >= 0.3 is 0 Å². The molecule has 1 nitrogen and oxygen atoms in total. The number of rotatable bonds is 2. The zero-order valence-corrected chi connectivity index (χ0v) is 9.98. The van der Waals surface area contributed by atoms with E-state index in [9.17, 15) is 5.11 Å². The first-order chi connectivity index (χ1) is 6.71. The highest BCUT2D eigenvalue weighted by molar-refractivity contribution is 8.00. The van der Waals surface area contributed by atoms with E-state index in [0.717, 1.165) is 18.8 Å². The van der Waals surface area contributed by atoms with Crippen molar-refractivity contribution in [2.75, 3.05) is 5.75 Å². The summed E-state index contributed by atoms with van der Waals surface area (Å²) in [7, 11) is 0. The van der Waals surface area contributed by atoms with Crippen molar-refractivity contribution in [3.8, 4) is 0 Å². The number of hydrogen-bond donors (Lipinski definition) is 1. The molecule has 0 aromatic rings. The van der Waals surface area contributed by atoms with Gasteiger partial charge in [0.25, 0.3) is 0 Å². The molecule has 1 N–H and O–H groups in total. The van der Waals surface area contributed by atoms with Crippen LogP contribution in [0.1, 0.15) is 51.9 Å². The average Bonchev–Trinajstić information content (AvgIpc) is 2.63. The van der Waals surface area contributed by atoms with Gasteiger partial charge in [-0.2, -0.15) is 11.8 Å². The molecule has 0 bridgehead atoms. The van der Waals surface area contributed by atoms with Gasteiger partial charge in [-0.15, -0.1) is 0 Å². The van der Waals surface area contributed by atoms with E-state index in [1.807, 2.05) is 11.8 Å². The van der Waals surface area contributed by atoms with Crippen LogP contribution in [0.5, 0.6) is 0 Å². The lowest BCUT2D eigenvalue weighted by Crippen LogP contribution is -2.43. The molecule has 0 aromatic heterocycles. The van der Waals surface area contributed by atoms with Crippen molar-refractivity contribution in [2.45, 2.75) is 62.7 Å². The molecule has 2 rings (SSSR count). The van der Waals surface area contributed by atoms with Crippen LogP contribution in [0.3, 0.4) is 0 Å². The minimum absolute atomic E-state index is 0.335. The molecule has 14 heavy (non-hydrogen) atoms. The summed E-state index contributed by atoms with van der Waals surface area (Å²) in [5.41, 5.74) is -0.335. The first-order valence-corrected chi connectivity index (χ1v) is 7.09. The summed E-state index contributed by atoms with van der Waals surface area (Å²) >= 11 is 1.96. The molecule has 1 aliphatic heterocycles. The second-order valence-electron chi connectivity index (χ2n) is 5.07. The Morgan fingerprint density at radius 2 is 2.00 bits per heavy atom. The van der Waals surface area contributed by atoms with Gasteiger partial charge in [-0.05, 0) is 30.9 Å². The van der Waals surface area contributed by atoms with Gasteiger partial charge in [-0.25, -0.2) is 0 Å². The summed E-state index contributed by atoms with van der Waals surface area (Å²) in [4.78, 5) is 0. The van der Waals surface area contributed by atoms with Gasteiger partial charge in [0, 0.05) is 5.25 Å². The maximum absolute atomic E-state index is 10.6. The molecule has 2 unspecified atom stereocenters. The average molecular weight is 214 g/mol. The van der Waals surface area contributed by atoms with Gasteiger partial charge < -0.3 is 5.11 Å². The normalized spacial score (nSPS) is 40.3. The van der Waals surface area contributed by atoms with Crippen LogP contribution < -0.4 is 0 Å². The summed E-state index contributed by atoms with van der Waals surface area (Å²) < 4.78 is 0. The van der Waals surface area contributed by atoms with Gasteiger partial charge in [0.05, 0.1) is 5.60 Å². The van der Waals surface area contributed by atoms with Crippen LogP contribution in [0.2, 0.25) is 0 Å². The second kappa shape index (κ2) is 4.44. The van der Waals surface area contributed by atoms with Crippen molar-refractivity contribution in [2.24, 2.45) is 5.92 Å². The van der Waals surface area contributed by atoms with E-state index in [1.54, 1.807) is 0 Å². The standard InChI is InChI=1S/C12H22OS/c1-10-12(13,7-4-8-14-10)9-11-5-2-3-6-11/h10-11,13H,2-9H2,1H3. The monoisotopic (exact) mass is 214 g/mol. The van der Waals surface area contributed by atoms with Gasteiger partial charge in [0.15, 0.2) is 0 Å². The SMILES string of the molecule is CC1SCCCC1(O)CC1CCCC1. The zero-order chi connectivity index (χ0) is 10.0. The van der Waals surface area contributed by atoms with Crippen molar-refractivity contribution < 1.29 is 5.11 Å². The molecule has 0 aromatic carbocycles. The summed E-state index contributed by atoms with van der Waals surface area (Å²) in [5.74, 6) is 2.06. The molecule has 0 amide bonds. The molecule has 1 saturated carbocycles. The Labute approximate surface area is 91.7 Å². The number of thioether (sulfide) groups is 1. The quantitative estimate of drug-likeness (QED) is 0.761. The molecular weight excluding hydrogens is 192 g/mol. The molecule has 2 fully saturated rings. The van der Waals surface area contributed by atoms with Crippen LogP contribution >= 0.6 is 11.8 Å². The lowest BCUT2D eigenvalue weighted by Gasteiger charge is -2.39. The van der Waals surface area contributed by atoms with Gasteiger partial charge in [0.1, 0.15) is 0 Å². The second-order valence-corrected chi connectivity index (χ2v) is 6.52. The minimum Gasteiger partial charge on any atom is -0.389 e. The maximum Gasteiger partial charge on any atom is 0.0766 e. The van der Waals surface area contributed by atoms with E-state index < -0.39 is 0 Å². The van der Waals surface area contributed by atoms with E-state index >= 15 is 0 Å². The Morgan fingerprint density at radius 3 is 2.64 bits per heavy atom. The summed E-state index contributed by atoms with van der Waals surface area (Å²) in [5, 5.41) is 11.0. The molecule has 1 heterocycles. The molecule has 0 spiro atoms. The molecule has 2 atom stereocenters. The fraction of sp³-hybridized carbons (Fsp3) is 1.00. The summed E-state index contributed by atoms with van der Waals surface area (Å²) in [6, 6.07) is 0. The topological polar surface area (TPSA) is 20.2 Å². The Kier molecular flexibility index (Phi) is 3.43. The lowest BCUT2D eigenvalue weighted by molar-refractivity contribution is 0.00620. The molecule has 2 aliphatic rings. The first kappa shape index (κ1) is 10.8. The highest BCUT2D eigenvalue weighted by Gasteiger charge is 2.38. The van der Waals surface area contributed by atoms with Gasteiger partial charge in [-0.1, -0.05) is 32.6 Å². The highest BCUT2D eigenvalue weighted by Crippen LogP contribution is 2.41. The molecular formula is C12H22OS. The fourth-order valence-corrected chi connectivity index (χ4v) is 4.17. The predicted molar refractivity (Wildman–Crippen MR) is 62.7 cm³/mol. The van der Waals surface area contributed by atoms with E-state index in [0.29, 0.717) is 5.25 Å². The summed E-state index contributed by atoms with van der Waals surface area (Å²) in [6.45, 7) is 2.21. The molecule has 0 radical (unpaired) electrons. The minimum atomic E-state index is -0.335. The highest BCUT2D eigenvalue weighted by atomic mass is 32.2. The van der Waals surface area contributed by atoms with E-state index in [2.05, 4.69) is 6.92 Å². The Bertz CT molecular complexity index is 189. The van der Waals surface area contributed by atoms with Crippen molar-refractivity contribution in [3.05, 3.63) is 0 Å². The predicted octanol–water partition coefficient (Wildman–Crippen LogP) is 3.21. The van der Waals surface area contributed by atoms with Crippen molar-refractivity contribution in [3.63, 3.8) is 0 Å². The third-order valence-electron chi connectivity index (χ3n) is 4.00. The maximum atomic E-state index is 10.6. The van der Waals surface area contributed by atoms with Gasteiger partial charge in [-0.3, -0.25) is 0 Å².